The molecule has 0 unspecified atom stereocenters. The van der Waals surface area contributed by atoms with Crippen LogP contribution in [0.5, 0.6) is 0 Å². The van der Waals surface area contributed by atoms with Gasteiger partial charge in [-0.1, -0.05) is 29.8 Å². The van der Waals surface area contributed by atoms with E-state index in [2.05, 4.69) is 0 Å². The number of alkyl halides is 2. The number of aryl methyl sites for hydroxylation is 1. The molecule has 37 heavy (non-hydrogen) atoms. The molecule has 0 N–H and O–H groups in total. The van der Waals surface area contributed by atoms with Crippen molar-refractivity contribution in [3.05, 3.63) is 65.9 Å². The van der Waals surface area contributed by atoms with Crippen LogP contribution >= 0.6 is 0 Å². The van der Waals surface area contributed by atoms with E-state index in [9.17, 15) is 22.0 Å². The Bertz CT molecular complexity index is 1430. The van der Waals surface area contributed by atoms with Crippen LogP contribution in [0.15, 0.2) is 64.1 Å². The zero-order valence-corrected chi connectivity index (χ0v) is 21.5. The third-order valence-electron chi connectivity index (χ3n) is 8.27. The minimum Gasteiger partial charge on any atom is -0.464 e. The maximum absolute atomic E-state index is 14.2. The molecule has 196 valence electrons. The molecule has 3 atom stereocenters. The predicted molar refractivity (Wildman–Crippen MR) is 134 cm³/mol. The summed E-state index contributed by atoms with van der Waals surface area (Å²) in [6, 6.07) is 13.0. The lowest BCUT2D eigenvalue weighted by atomic mass is 9.90. The summed E-state index contributed by atoms with van der Waals surface area (Å²) in [7, 11) is -3.88. The van der Waals surface area contributed by atoms with Crippen molar-refractivity contribution >= 4 is 26.9 Å². The van der Waals surface area contributed by atoms with Gasteiger partial charge >= 0.3 is 0 Å². The minimum absolute atomic E-state index is 0.0344. The normalized spacial score (nSPS) is 25.8. The number of halogens is 2. The van der Waals surface area contributed by atoms with Gasteiger partial charge in [-0.25, -0.2) is 17.2 Å². The molecule has 0 radical (unpaired) electrons. The summed E-state index contributed by atoms with van der Waals surface area (Å²) in [5.41, 5.74) is 2.46. The molecule has 0 bridgehead atoms. The van der Waals surface area contributed by atoms with Crippen LogP contribution in [0.2, 0.25) is 0 Å². The Morgan fingerprint density at radius 1 is 1.11 bits per heavy atom. The second-order valence-electron chi connectivity index (χ2n) is 10.8. The van der Waals surface area contributed by atoms with Crippen LogP contribution in [-0.4, -0.2) is 48.1 Å². The first kappa shape index (κ1) is 24.6. The Morgan fingerprint density at radius 3 is 2.57 bits per heavy atom. The first-order valence-corrected chi connectivity index (χ1v) is 14.3. The van der Waals surface area contributed by atoms with E-state index in [4.69, 9.17) is 4.42 Å². The summed E-state index contributed by atoms with van der Waals surface area (Å²) in [5.74, 6) is -2.89. The summed E-state index contributed by atoms with van der Waals surface area (Å²) < 4.78 is 62.2. The van der Waals surface area contributed by atoms with Gasteiger partial charge in [0.1, 0.15) is 11.6 Å². The molecule has 2 heterocycles. The van der Waals surface area contributed by atoms with E-state index in [1.165, 1.54) is 4.31 Å². The lowest BCUT2D eigenvalue weighted by Gasteiger charge is -2.39. The molecule has 2 aliphatic carbocycles. The van der Waals surface area contributed by atoms with Gasteiger partial charge in [0.25, 0.3) is 0 Å². The number of nitrogens with zero attached hydrogens (tertiary/aromatic N) is 2. The van der Waals surface area contributed by atoms with Gasteiger partial charge < -0.3 is 9.32 Å². The molecule has 2 saturated carbocycles. The lowest BCUT2D eigenvalue weighted by molar-refractivity contribution is -0.141. The second kappa shape index (κ2) is 8.91. The number of carbonyl (C=O) groups excluding carboxylic acids is 1. The van der Waals surface area contributed by atoms with Crippen molar-refractivity contribution < 1.29 is 26.4 Å². The van der Waals surface area contributed by atoms with E-state index in [1.807, 2.05) is 31.2 Å². The van der Waals surface area contributed by atoms with Gasteiger partial charge in [0.15, 0.2) is 0 Å². The van der Waals surface area contributed by atoms with Gasteiger partial charge in [-0.05, 0) is 67.9 Å². The highest BCUT2D eigenvalue weighted by Crippen LogP contribution is 2.52. The van der Waals surface area contributed by atoms with E-state index in [0.717, 1.165) is 22.9 Å². The Balaban J connectivity index is 1.32. The minimum atomic E-state index is -3.88. The van der Waals surface area contributed by atoms with Crippen LogP contribution < -0.4 is 0 Å². The molecule has 1 aromatic heterocycles. The molecule has 3 fully saturated rings. The summed E-state index contributed by atoms with van der Waals surface area (Å²) in [5, 5.41) is 0.936. The van der Waals surface area contributed by atoms with Crippen LogP contribution in [0.25, 0.3) is 11.0 Å². The van der Waals surface area contributed by atoms with Crippen LogP contribution in [0, 0.1) is 18.8 Å². The molecule has 1 aliphatic heterocycles. The highest BCUT2D eigenvalue weighted by atomic mass is 32.2. The largest absolute Gasteiger partial charge is 0.464 e. The summed E-state index contributed by atoms with van der Waals surface area (Å²) in [6.45, 7) is 2.42. The average Bonchev–Trinajstić information content (AvgIpc) is 3.29. The van der Waals surface area contributed by atoms with E-state index in [-0.39, 0.29) is 60.9 Å². The number of benzene rings is 2. The van der Waals surface area contributed by atoms with Gasteiger partial charge in [0.2, 0.25) is 21.9 Å². The topological polar surface area (TPSA) is 70.8 Å². The average molecular weight is 529 g/mol. The highest BCUT2D eigenvalue weighted by Gasteiger charge is 2.60. The molecule has 1 saturated heterocycles. The number of amides is 1. The fraction of sp³-hybridized carbons (Fsp3) is 0.464. The van der Waals surface area contributed by atoms with E-state index in [0.29, 0.717) is 12.1 Å². The highest BCUT2D eigenvalue weighted by molar-refractivity contribution is 7.89. The van der Waals surface area contributed by atoms with Crippen molar-refractivity contribution in [2.75, 3.05) is 6.54 Å². The molecule has 6 rings (SSSR count). The smallest absolute Gasteiger partial charge is 0.248 e. The van der Waals surface area contributed by atoms with E-state index < -0.39 is 22.0 Å². The first-order chi connectivity index (χ1) is 17.6. The number of furan rings is 1. The summed E-state index contributed by atoms with van der Waals surface area (Å²) in [6.07, 6.45) is 2.23. The quantitative estimate of drug-likeness (QED) is 0.432. The zero-order chi connectivity index (χ0) is 25.9. The van der Waals surface area contributed by atoms with Gasteiger partial charge in [0.05, 0.1) is 11.2 Å². The number of hydrogen-bond acceptors (Lipinski definition) is 4. The van der Waals surface area contributed by atoms with Crippen LogP contribution in [0.1, 0.15) is 43.2 Å². The predicted octanol–water partition coefficient (Wildman–Crippen LogP) is 5.36. The second-order valence-corrected chi connectivity index (χ2v) is 12.7. The molecule has 3 aliphatic rings. The van der Waals surface area contributed by atoms with Crippen molar-refractivity contribution in [1.29, 1.82) is 0 Å². The Morgan fingerprint density at radius 2 is 1.84 bits per heavy atom. The van der Waals surface area contributed by atoms with Gasteiger partial charge in [-0.3, -0.25) is 4.79 Å². The number of carbonyl (C=O) groups is 1. The van der Waals surface area contributed by atoms with Crippen molar-refractivity contribution in [2.24, 2.45) is 11.8 Å². The molecule has 1 amide bonds. The van der Waals surface area contributed by atoms with Crippen molar-refractivity contribution in [1.82, 2.24) is 9.21 Å². The Labute approximate surface area is 215 Å². The van der Waals surface area contributed by atoms with Crippen LogP contribution in [0.4, 0.5) is 8.78 Å². The standard InChI is InChI=1S/C28H30F2N2O4S/c1-18-2-6-23(7-3-18)37(34,35)32-17-21-15-24(21)26(32)27(33)31(22-8-11-28(29,30)12-9-22)16-19-4-5-20-10-13-36-25(20)14-19/h2-7,10,13-14,21-22,24,26H,8-9,11-12,15-17H2,1H3/t21-,24-,26+/m1/s1. The Kier molecular flexibility index (Phi) is 5.91. The van der Waals surface area contributed by atoms with Crippen LogP contribution in [-0.2, 0) is 21.4 Å². The molecule has 0 spiro atoms. The SMILES string of the molecule is Cc1ccc(S(=O)(=O)N2C[C@H]3C[C@H]3[C@H]2C(=O)N(Cc2ccc3ccoc3c2)C2CCC(F)(F)CC2)cc1. The molecule has 2 aromatic carbocycles. The third kappa shape index (κ3) is 4.56. The summed E-state index contributed by atoms with van der Waals surface area (Å²) in [4.78, 5) is 16.1. The monoisotopic (exact) mass is 528 g/mol. The molecule has 9 heteroatoms. The molecular weight excluding hydrogens is 498 g/mol. The zero-order valence-electron chi connectivity index (χ0n) is 20.6. The van der Waals surface area contributed by atoms with Crippen LogP contribution in [0.3, 0.4) is 0 Å². The lowest BCUT2D eigenvalue weighted by Crippen LogP contribution is -2.53. The van der Waals surface area contributed by atoms with Gasteiger partial charge in [0, 0.05) is 37.4 Å². The molecular formula is C28H30F2N2O4S. The number of fused-ring (bicyclic) bond motifs is 2. The fourth-order valence-corrected chi connectivity index (χ4v) is 7.70. The van der Waals surface area contributed by atoms with Crippen molar-refractivity contribution in [3.63, 3.8) is 0 Å². The molecule has 6 nitrogen and oxygen atoms in total. The number of sulfonamides is 1. The maximum atomic E-state index is 14.2. The number of piperidine rings is 1. The maximum Gasteiger partial charge on any atom is 0.248 e. The fourth-order valence-electron chi connectivity index (χ4n) is 6.01. The Hall–Kier alpha value is -2.78. The summed E-state index contributed by atoms with van der Waals surface area (Å²) >= 11 is 0. The third-order valence-corrected chi connectivity index (χ3v) is 10.1. The number of hydrogen-bond donors (Lipinski definition) is 0. The first-order valence-electron chi connectivity index (χ1n) is 12.9. The van der Waals surface area contributed by atoms with Gasteiger partial charge in [-0.2, -0.15) is 4.31 Å². The van der Waals surface area contributed by atoms with Crippen molar-refractivity contribution in [2.45, 2.75) is 68.5 Å². The molecule has 3 aromatic rings. The van der Waals surface area contributed by atoms with Gasteiger partial charge in [-0.15, -0.1) is 0 Å². The van der Waals surface area contributed by atoms with E-state index >= 15 is 0 Å². The van der Waals surface area contributed by atoms with E-state index in [1.54, 1.807) is 35.4 Å². The van der Waals surface area contributed by atoms with Crippen molar-refractivity contribution in [3.8, 4) is 0 Å². The number of rotatable bonds is 6.